The van der Waals surface area contributed by atoms with E-state index in [9.17, 15) is 10.1 Å². The standard InChI is InChI=1S/C8H17BO4/c1-6(2,10)8(5)7(3,4)12-9(11)13-8/h10-11H,1-5H3. The first kappa shape index (κ1) is 11.0. The van der Waals surface area contributed by atoms with Crippen LogP contribution >= 0.6 is 0 Å². The third-order valence-electron chi connectivity index (χ3n) is 3.05. The van der Waals surface area contributed by atoms with Gasteiger partial charge < -0.3 is 19.4 Å². The molecule has 0 amide bonds. The molecule has 76 valence electrons. The lowest BCUT2D eigenvalue weighted by Gasteiger charge is -2.44. The zero-order valence-electron chi connectivity index (χ0n) is 8.79. The second kappa shape index (κ2) is 2.70. The predicted octanol–water partition coefficient (Wildman–Crippen LogP) is 0.319. The van der Waals surface area contributed by atoms with Crippen LogP contribution in [0.4, 0.5) is 0 Å². The van der Waals surface area contributed by atoms with Crippen LogP contribution < -0.4 is 0 Å². The minimum Gasteiger partial charge on any atom is -0.402 e. The van der Waals surface area contributed by atoms with E-state index in [4.69, 9.17) is 9.31 Å². The van der Waals surface area contributed by atoms with E-state index in [2.05, 4.69) is 0 Å². The number of hydrogen-bond donors (Lipinski definition) is 2. The van der Waals surface area contributed by atoms with Crippen LogP contribution in [0.25, 0.3) is 0 Å². The van der Waals surface area contributed by atoms with Crippen molar-refractivity contribution in [2.24, 2.45) is 0 Å². The Hall–Kier alpha value is -0.0951. The fourth-order valence-corrected chi connectivity index (χ4v) is 1.61. The van der Waals surface area contributed by atoms with Crippen LogP contribution in [0.2, 0.25) is 0 Å². The van der Waals surface area contributed by atoms with E-state index in [0.717, 1.165) is 0 Å². The topological polar surface area (TPSA) is 58.9 Å². The lowest BCUT2D eigenvalue weighted by molar-refractivity contribution is -0.146. The fraction of sp³-hybridized carbons (Fsp3) is 1.00. The summed E-state index contributed by atoms with van der Waals surface area (Å²) in [5.74, 6) is 0. The molecule has 4 nitrogen and oxygen atoms in total. The van der Waals surface area contributed by atoms with E-state index in [0.29, 0.717) is 0 Å². The van der Waals surface area contributed by atoms with E-state index in [1.807, 2.05) is 0 Å². The highest BCUT2D eigenvalue weighted by molar-refractivity contribution is 6.35. The monoisotopic (exact) mass is 188 g/mol. The van der Waals surface area contributed by atoms with Crippen molar-refractivity contribution < 1.29 is 19.4 Å². The van der Waals surface area contributed by atoms with Crippen molar-refractivity contribution in [3.8, 4) is 0 Å². The molecule has 1 atom stereocenters. The van der Waals surface area contributed by atoms with Crippen molar-refractivity contribution >= 4 is 7.32 Å². The van der Waals surface area contributed by atoms with Gasteiger partial charge in [0, 0.05) is 0 Å². The maximum atomic E-state index is 9.91. The van der Waals surface area contributed by atoms with Crippen LogP contribution in [0.1, 0.15) is 34.6 Å². The Morgan fingerprint density at radius 2 is 1.62 bits per heavy atom. The third kappa shape index (κ3) is 1.50. The molecule has 1 saturated heterocycles. The Morgan fingerprint density at radius 3 is 1.77 bits per heavy atom. The fourth-order valence-electron chi connectivity index (χ4n) is 1.61. The van der Waals surface area contributed by atoms with Crippen LogP contribution in [0.15, 0.2) is 0 Å². The average Bonchev–Trinajstić information content (AvgIpc) is 2.00. The van der Waals surface area contributed by atoms with Gasteiger partial charge >= 0.3 is 7.32 Å². The van der Waals surface area contributed by atoms with Gasteiger partial charge in [-0.05, 0) is 34.6 Å². The molecule has 2 N–H and O–H groups in total. The summed E-state index contributed by atoms with van der Waals surface area (Å²) in [7, 11) is -1.26. The Morgan fingerprint density at radius 1 is 1.15 bits per heavy atom. The average molecular weight is 188 g/mol. The summed E-state index contributed by atoms with van der Waals surface area (Å²) in [6.45, 7) is 8.55. The van der Waals surface area contributed by atoms with Gasteiger partial charge in [0.05, 0.1) is 11.2 Å². The smallest absolute Gasteiger partial charge is 0.402 e. The molecular formula is C8H17BO4. The van der Waals surface area contributed by atoms with Crippen molar-refractivity contribution in [2.75, 3.05) is 0 Å². The van der Waals surface area contributed by atoms with E-state index in [1.165, 1.54) is 0 Å². The van der Waals surface area contributed by atoms with Gasteiger partial charge in [-0.25, -0.2) is 0 Å². The Bertz CT molecular complexity index is 211. The minimum atomic E-state index is -1.26. The lowest BCUT2D eigenvalue weighted by Crippen LogP contribution is -2.59. The molecule has 0 spiro atoms. The molecule has 0 bridgehead atoms. The first-order valence-corrected chi connectivity index (χ1v) is 4.36. The third-order valence-corrected chi connectivity index (χ3v) is 3.05. The number of rotatable bonds is 1. The zero-order valence-corrected chi connectivity index (χ0v) is 8.79. The molecule has 0 aliphatic carbocycles. The molecule has 0 radical (unpaired) electrons. The molecule has 0 aromatic rings. The van der Waals surface area contributed by atoms with Gasteiger partial charge in [0.1, 0.15) is 5.60 Å². The minimum absolute atomic E-state index is 0.718. The zero-order chi connectivity index (χ0) is 10.5. The van der Waals surface area contributed by atoms with E-state index in [-0.39, 0.29) is 0 Å². The Balaban J connectivity index is 3.03. The summed E-state index contributed by atoms with van der Waals surface area (Å²) in [5.41, 5.74) is -2.71. The summed E-state index contributed by atoms with van der Waals surface area (Å²) >= 11 is 0. The van der Waals surface area contributed by atoms with Crippen molar-refractivity contribution in [3.63, 3.8) is 0 Å². The maximum absolute atomic E-state index is 9.91. The first-order chi connectivity index (χ1) is 5.60. The second-order valence-electron chi connectivity index (χ2n) is 4.65. The summed E-state index contributed by atoms with van der Waals surface area (Å²) < 4.78 is 10.4. The highest BCUT2D eigenvalue weighted by atomic mass is 16.7. The molecule has 1 fully saturated rings. The van der Waals surface area contributed by atoms with E-state index < -0.39 is 24.1 Å². The number of hydrogen-bond acceptors (Lipinski definition) is 4. The van der Waals surface area contributed by atoms with Gasteiger partial charge in [0.15, 0.2) is 0 Å². The molecule has 1 aliphatic heterocycles. The SMILES string of the molecule is CC(C)(O)C1(C)OB(O)OC1(C)C. The van der Waals surface area contributed by atoms with Crippen LogP contribution in [-0.2, 0) is 9.31 Å². The van der Waals surface area contributed by atoms with Crippen LogP contribution in [-0.4, -0.2) is 34.3 Å². The van der Waals surface area contributed by atoms with Crippen LogP contribution in [0.3, 0.4) is 0 Å². The normalized spacial score (nSPS) is 33.9. The summed E-state index contributed by atoms with van der Waals surface area (Å²) in [6.07, 6.45) is 0. The molecule has 1 rings (SSSR count). The lowest BCUT2D eigenvalue weighted by atomic mass is 9.76. The predicted molar refractivity (Wildman–Crippen MR) is 48.9 cm³/mol. The van der Waals surface area contributed by atoms with Gasteiger partial charge in [-0.2, -0.15) is 0 Å². The molecule has 1 unspecified atom stereocenters. The molecule has 0 aromatic heterocycles. The van der Waals surface area contributed by atoms with Gasteiger partial charge in [-0.3, -0.25) is 0 Å². The van der Waals surface area contributed by atoms with Crippen LogP contribution in [0, 0.1) is 0 Å². The molecule has 0 aromatic carbocycles. The van der Waals surface area contributed by atoms with Gasteiger partial charge in [0.2, 0.25) is 0 Å². The first-order valence-electron chi connectivity index (χ1n) is 4.36. The van der Waals surface area contributed by atoms with Crippen molar-refractivity contribution in [1.82, 2.24) is 0 Å². The molecule has 13 heavy (non-hydrogen) atoms. The van der Waals surface area contributed by atoms with E-state index in [1.54, 1.807) is 34.6 Å². The molecule has 5 heteroatoms. The van der Waals surface area contributed by atoms with Crippen molar-refractivity contribution in [2.45, 2.75) is 51.4 Å². The largest absolute Gasteiger partial charge is 0.637 e. The Labute approximate surface area is 79.0 Å². The quantitative estimate of drug-likeness (QED) is 0.581. The van der Waals surface area contributed by atoms with Gasteiger partial charge in [-0.1, -0.05) is 0 Å². The van der Waals surface area contributed by atoms with Crippen molar-refractivity contribution in [1.29, 1.82) is 0 Å². The second-order valence-corrected chi connectivity index (χ2v) is 4.65. The van der Waals surface area contributed by atoms with E-state index >= 15 is 0 Å². The summed E-state index contributed by atoms with van der Waals surface area (Å²) in [4.78, 5) is 0. The van der Waals surface area contributed by atoms with Crippen LogP contribution in [0.5, 0.6) is 0 Å². The highest BCUT2D eigenvalue weighted by Crippen LogP contribution is 2.43. The summed E-state index contributed by atoms with van der Waals surface area (Å²) in [6, 6.07) is 0. The highest BCUT2D eigenvalue weighted by Gasteiger charge is 2.61. The molecular weight excluding hydrogens is 171 g/mol. The van der Waals surface area contributed by atoms with Gasteiger partial charge in [0.25, 0.3) is 0 Å². The Kier molecular flexibility index (Phi) is 2.28. The maximum Gasteiger partial charge on any atom is 0.637 e. The molecule has 1 aliphatic rings. The summed E-state index contributed by atoms with van der Waals surface area (Å²) in [5, 5.41) is 19.1. The van der Waals surface area contributed by atoms with Gasteiger partial charge in [-0.15, -0.1) is 0 Å². The number of aliphatic hydroxyl groups is 1. The molecule has 1 heterocycles. The molecule has 0 saturated carbocycles. The van der Waals surface area contributed by atoms with Crippen molar-refractivity contribution in [3.05, 3.63) is 0 Å².